The number of hydrogen-bond donors (Lipinski definition) is 0. The first kappa shape index (κ1) is 11.9. The molecule has 1 aromatic heterocycles. The van der Waals surface area contributed by atoms with Gasteiger partial charge in [0.1, 0.15) is 5.15 Å². The van der Waals surface area contributed by atoms with Crippen LogP contribution in [0, 0.1) is 6.92 Å². The van der Waals surface area contributed by atoms with E-state index in [-0.39, 0.29) is 0 Å². The van der Waals surface area contributed by atoms with Crippen LogP contribution >= 0.6 is 11.6 Å². The smallest absolute Gasteiger partial charge is 0.131 e. The van der Waals surface area contributed by atoms with Gasteiger partial charge >= 0.3 is 0 Å². The van der Waals surface area contributed by atoms with Gasteiger partial charge in [-0.05, 0) is 24.6 Å². The van der Waals surface area contributed by atoms with Crippen LogP contribution in [0.5, 0.6) is 0 Å². The summed E-state index contributed by atoms with van der Waals surface area (Å²) in [6.07, 6.45) is 1.73. The topological polar surface area (TPSA) is 16.1 Å². The van der Waals surface area contributed by atoms with Crippen LogP contribution < -0.4 is 4.90 Å². The highest BCUT2D eigenvalue weighted by molar-refractivity contribution is 6.29. The molecule has 0 aliphatic rings. The molecule has 0 N–H and O–H groups in total. The minimum Gasteiger partial charge on any atom is -0.370 e. The number of benzene rings is 1. The molecule has 0 spiro atoms. The van der Waals surface area contributed by atoms with Crippen molar-refractivity contribution in [2.24, 2.45) is 0 Å². The zero-order chi connectivity index (χ0) is 12.3. The molecular weight excluding hydrogens is 232 g/mol. The first-order valence-corrected chi connectivity index (χ1v) is 5.91. The van der Waals surface area contributed by atoms with E-state index < -0.39 is 0 Å². The average molecular weight is 247 g/mol. The van der Waals surface area contributed by atoms with Crippen molar-refractivity contribution in [3.05, 3.63) is 58.9 Å². The number of pyridine rings is 1. The molecule has 0 saturated carbocycles. The third kappa shape index (κ3) is 3.21. The van der Waals surface area contributed by atoms with Crippen LogP contribution in [0.15, 0.2) is 42.6 Å². The fraction of sp³-hybridized carbons (Fsp3) is 0.214. The zero-order valence-corrected chi connectivity index (χ0v) is 10.8. The molecule has 0 aliphatic heterocycles. The normalized spacial score (nSPS) is 10.3. The Morgan fingerprint density at radius 2 is 2.06 bits per heavy atom. The zero-order valence-electron chi connectivity index (χ0n) is 10.0. The van der Waals surface area contributed by atoms with E-state index in [1.165, 1.54) is 11.1 Å². The first-order chi connectivity index (χ1) is 8.15. The van der Waals surface area contributed by atoms with E-state index in [0.29, 0.717) is 5.15 Å². The van der Waals surface area contributed by atoms with Gasteiger partial charge in [0.25, 0.3) is 0 Å². The van der Waals surface area contributed by atoms with Crippen molar-refractivity contribution in [1.29, 1.82) is 0 Å². The Morgan fingerprint density at radius 1 is 1.24 bits per heavy atom. The number of rotatable bonds is 3. The SMILES string of the molecule is Cc1cccc(CN(C)c2ccnc(Cl)c2)c1. The fourth-order valence-corrected chi connectivity index (χ4v) is 1.97. The number of nitrogens with zero attached hydrogens (tertiary/aromatic N) is 2. The fourth-order valence-electron chi connectivity index (χ4n) is 1.81. The standard InChI is InChI=1S/C14H15ClN2/c1-11-4-3-5-12(8-11)10-17(2)13-6-7-16-14(15)9-13/h3-9H,10H2,1-2H3. The maximum Gasteiger partial charge on any atom is 0.131 e. The summed E-state index contributed by atoms with van der Waals surface area (Å²) in [5, 5.41) is 0.526. The lowest BCUT2D eigenvalue weighted by molar-refractivity contribution is 0.919. The molecule has 0 aliphatic carbocycles. The van der Waals surface area contributed by atoms with Crippen LogP contribution in [0.2, 0.25) is 5.15 Å². The molecule has 2 aromatic rings. The van der Waals surface area contributed by atoms with Crippen molar-refractivity contribution in [3.63, 3.8) is 0 Å². The van der Waals surface area contributed by atoms with Crippen LogP contribution in [0.1, 0.15) is 11.1 Å². The van der Waals surface area contributed by atoms with Crippen molar-refractivity contribution in [3.8, 4) is 0 Å². The average Bonchev–Trinajstić information content (AvgIpc) is 2.29. The molecule has 1 aromatic carbocycles. The lowest BCUT2D eigenvalue weighted by Gasteiger charge is -2.19. The highest BCUT2D eigenvalue weighted by Crippen LogP contribution is 2.18. The molecule has 1 heterocycles. The predicted molar refractivity (Wildman–Crippen MR) is 72.5 cm³/mol. The second-order valence-electron chi connectivity index (χ2n) is 4.18. The van der Waals surface area contributed by atoms with Gasteiger partial charge in [0.15, 0.2) is 0 Å². The number of aryl methyl sites for hydroxylation is 1. The van der Waals surface area contributed by atoms with Gasteiger partial charge in [-0.1, -0.05) is 41.4 Å². The molecule has 0 radical (unpaired) electrons. The molecule has 0 saturated heterocycles. The van der Waals surface area contributed by atoms with E-state index in [9.17, 15) is 0 Å². The van der Waals surface area contributed by atoms with Crippen LogP contribution in [0.3, 0.4) is 0 Å². The largest absolute Gasteiger partial charge is 0.370 e. The summed E-state index contributed by atoms with van der Waals surface area (Å²) in [5.74, 6) is 0. The van der Waals surface area contributed by atoms with Gasteiger partial charge in [-0.3, -0.25) is 0 Å². The summed E-state index contributed by atoms with van der Waals surface area (Å²) in [5.41, 5.74) is 3.65. The Bertz CT molecular complexity index is 511. The first-order valence-electron chi connectivity index (χ1n) is 5.53. The number of halogens is 1. The van der Waals surface area contributed by atoms with Crippen LogP contribution in [-0.2, 0) is 6.54 Å². The van der Waals surface area contributed by atoms with Gasteiger partial charge in [-0.2, -0.15) is 0 Å². The maximum atomic E-state index is 5.88. The molecule has 0 fully saturated rings. The Labute approximate surface area is 107 Å². The lowest BCUT2D eigenvalue weighted by Crippen LogP contribution is -2.16. The number of aromatic nitrogens is 1. The van der Waals surface area contributed by atoms with E-state index in [4.69, 9.17) is 11.6 Å². The molecule has 88 valence electrons. The summed E-state index contributed by atoms with van der Waals surface area (Å²) in [4.78, 5) is 6.14. The second kappa shape index (κ2) is 5.19. The van der Waals surface area contributed by atoms with Crippen LogP contribution in [-0.4, -0.2) is 12.0 Å². The summed E-state index contributed by atoms with van der Waals surface area (Å²) in [6, 6.07) is 12.3. The highest BCUT2D eigenvalue weighted by atomic mass is 35.5. The lowest BCUT2D eigenvalue weighted by atomic mass is 10.1. The van der Waals surface area contributed by atoms with Crippen LogP contribution in [0.4, 0.5) is 5.69 Å². The molecule has 0 bridgehead atoms. The van der Waals surface area contributed by atoms with E-state index in [0.717, 1.165) is 12.2 Å². The predicted octanol–water partition coefficient (Wildman–Crippen LogP) is 3.68. The maximum absolute atomic E-state index is 5.88. The van der Waals surface area contributed by atoms with Gasteiger partial charge < -0.3 is 4.90 Å². The number of hydrogen-bond acceptors (Lipinski definition) is 2. The van der Waals surface area contributed by atoms with Crippen molar-refractivity contribution in [2.75, 3.05) is 11.9 Å². The van der Waals surface area contributed by atoms with E-state index in [2.05, 4.69) is 41.1 Å². The molecule has 0 amide bonds. The minimum absolute atomic E-state index is 0.526. The van der Waals surface area contributed by atoms with Gasteiger partial charge in [0.2, 0.25) is 0 Å². The Hall–Kier alpha value is -1.54. The van der Waals surface area contributed by atoms with E-state index >= 15 is 0 Å². The van der Waals surface area contributed by atoms with Gasteiger partial charge in [-0.15, -0.1) is 0 Å². The number of anilines is 1. The molecule has 2 nitrogen and oxygen atoms in total. The van der Waals surface area contributed by atoms with Gasteiger partial charge in [-0.25, -0.2) is 4.98 Å². The summed E-state index contributed by atoms with van der Waals surface area (Å²) >= 11 is 5.88. The molecule has 0 atom stereocenters. The third-order valence-electron chi connectivity index (χ3n) is 2.65. The second-order valence-corrected chi connectivity index (χ2v) is 4.57. The van der Waals surface area contributed by atoms with Crippen molar-refractivity contribution in [1.82, 2.24) is 4.98 Å². The van der Waals surface area contributed by atoms with Crippen LogP contribution in [0.25, 0.3) is 0 Å². The molecular formula is C14H15ClN2. The third-order valence-corrected chi connectivity index (χ3v) is 2.86. The Balaban J connectivity index is 2.14. The Kier molecular flexibility index (Phi) is 3.64. The highest BCUT2D eigenvalue weighted by Gasteiger charge is 2.03. The van der Waals surface area contributed by atoms with Crippen molar-refractivity contribution >= 4 is 17.3 Å². The Morgan fingerprint density at radius 3 is 2.76 bits per heavy atom. The molecule has 2 rings (SSSR count). The quantitative estimate of drug-likeness (QED) is 0.768. The van der Waals surface area contributed by atoms with Crippen molar-refractivity contribution in [2.45, 2.75) is 13.5 Å². The summed E-state index contributed by atoms with van der Waals surface area (Å²) < 4.78 is 0. The van der Waals surface area contributed by atoms with E-state index in [1.54, 1.807) is 6.20 Å². The van der Waals surface area contributed by atoms with Gasteiger partial charge in [0.05, 0.1) is 0 Å². The van der Waals surface area contributed by atoms with Crippen molar-refractivity contribution < 1.29 is 0 Å². The molecule has 3 heteroatoms. The summed E-state index contributed by atoms with van der Waals surface area (Å²) in [6.45, 7) is 2.97. The molecule has 17 heavy (non-hydrogen) atoms. The van der Waals surface area contributed by atoms with Gasteiger partial charge in [0, 0.05) is 25.5 Å². The minimum atomic E-state index is 0.526. The summed E-state index contributed by atoms with van der Waals surface area (Å²) in [7, 11) is 2.05. The molecule has 0 unspecified atom stereocenters. The monoisotopic (exact) mass is 246 g/mol. The van der Waals surface area contributed by atoms with E-state index in [1.807, 2.05) is 19.2 Å².